The Labute approximate surface area is 606 Å². The number of esters is 2. The molecule has 0 aliphatic carbocycles. The first-order valence-corrected chi connectivity index (χ1v) is 45.7. The van der Waals surface area contributed by atoms with Crippen LogP contribution in [0.25, 0.3) is 0 Å². The Bertz CT molecular complexity index is 1600. The maximum Gasteiger partial charge on any atom is 0.472 e. The lowest BCUT2D eigenvalue weighted by Gasteiger charge is -2.19. The average Bonchev–Trinajstić information content (AvgIpc) is 2.69. The van der Waals surface area contributed by atoms with Crippen LogP contribution in [0, 0.1) is 0 Å². The lowest BCUT2D eigenvalue weighted by molar-refractivity contribution is -0.161. The van der Waals surface area contributed by atoms with Gasteiger partial charge in [-0.1, -0.05) is 463 Å². The molecular weight excluding hydrogens is 1220 g/mol. The van der Waals surface area contributed by atoms with Crippen LogP contribution < -0.4 is 5.73 Å². The first-order chi connectivity index (χ1) is 47.8. The van der Waals surface area contributed by atoms with Crippen LogP contribution in [0.3, 0.4) is 0 Å². The molecule has 0 spiro atoms. The number of unbranched alkanes of at least 4 members (excludes halogenated alkanes) is 71. The summed E-state index contributed by atoms with van der Waals surface area (Å²) in [6.07, 6.45) is 106. The highest BCUT2D eigenvalue weighted by molar-refractivity contribution is 7.47. The number of phosphoric ester groups is 1. The third-order valence-corrected chi connectivity index (χ3v) is 21.6. The van der Waals surface area contributed by atoms with Crippen LogP contribution in [0.2, 0.25) is 0 Å². The lowest BCUT2D eigenvalue weighted by atomic mass is 10.0. The summed E-state index contributed by atoms with van der Waals surface area (Å²) < 4.78 is 33.3. The van der Waals surface area contributed by atoms with Gasteiger partial charge < -0.3 is 20.1 Å². The minimum absolute atomic E-state index is 0.0583. The van der Waals surface area contributed by atoms with Gasteiger partial charge in [-0.2, -0.15) is 0 Å². The molecule has 0 aromatic carbocycles. The second kappa shape index (κ2) is 83.7. The van der Waals surface area contributed by atoms with Crippen molar-refractivity contribution in [2.24, 2.45) is 5.73 Å². The summed E-state index contributed by atoms with van der Waals surface area (Å²) in [7, 11) is -4.39. The number of phosphoric acid groups is 1. The fourth-order valence-corrected chi connectivity index (χ4v) is 14.9. The highest BCUT2D eigenvalue weighted by atomic mass is 31.2. The van der Waals surface area contributed by atoms with Crippen molar-refractivity contribution < 1.29 is 37.6 Å². The van der Waals surface area contributed by atoms with Crippen LogP contribution in [-0.4, -0.2) is 49.3 Å². The van der Waals surface area contributed by atoms with Crippen molar-refractivity contribution in [2.45, 2.75) is 508 Å². The summed E-state index contributed by atoms with van der Waals surface area (Å²) in [6.45, 7) is 3.85. The number of allylic oxidation sites excluding steroid dienone is 2. The Morgan fingerprint density at radius 3 is 0.732 bits per heavy atom. The summed E-state index contributed by atoms with van der Waals surface area (Å²) in [5, 5.41) is 0. The van der Waals surface area contributed by atoms with Crippen molar-refractivity contribution in [3.63, 3.8) is 0 Å². The van der Waals surface area contributed by atoms with E-state index in [1.807, 2.05) is 0 Å². The fraction of sp³-hybridized carbons (Fsp3) is 0.954. The maximum absolute atomic E-state index is 12.8. The molecule has 0 fully saturated rings. The van der Waals surface area contributed by atoms with Crippen molar-refractivity contribution >= 4 is 19.8 Å². The smallest absolute Gasteiger partial charge is 0.462 e. The third-order valence-electron chi connectivity index (χ3n) is 20.7. The van der Waals surface area contributed by atoms with E-state index in [0.717, 1.165) is 32.1 Å². The molecule has 0 aromatic rings. The van der Waals surface area contributed by atoms with Crippen LogP contribution in [0.1, 0.15) is 502 Å². The lowest BCUT2D eigenvalue weighted by Crippen LogP contribution is -2.29. The Morgan fingerprint density at radius 2 is 0.505 bits per heavy atom. The molecule has 2 atom stereocenters. The molecule has 0 bridgehead atoms. The molecule has 3 N–H and O–H groups in total. The third kappa shape index (κ3) is 83.6. The van der Waals surface area contributed by atoms with Crippen molar-refractivity contribution in [3.05, 3.63) is 12.2 Å². The number of hydrogen-bond donors (Lipinski definition) is 2. The van der Waals surface area contributed by atoms with E-state index in [1.165, 1.54) is 437 Å². The predicted octanol–water partition coefficient (Wildman–Crippen LogP) is 29.8. The molecule has 10 heteroatoms. The molecule has 0 aliphatic heterocycles. The first-order valence-electron chi connectivity index (χ1n) is 44.2. The van der Waals surface area contributed by atoms with Crippen molar-refractivity contribution in [2.75, 3.05) is 26.4 Å². The highest BCUT2D eigenvalue weighted by Gasteiger charge is 2.26. The topological polar surface area (TPSA) is 134 Å². The van der Waals surface area contributed by atoms with Crippen LogP contribution in [0.5, 0.6) is 0 Å². The van der Waals surface area contributed by atoms with E-state index in [1.54, 1.807) is 0 Å². The summed E-state index contributed by atoms with van der Waals surface area (Å²) in [4.78, 5) is 35.5. The first kappa shape index (κ1) is 95.8. The van der Waals surface area contributed by atoms with Gasteiger partial charge in [-0.15, -0.1) is 0 Å². The largest absolute Gasteiger partial charge is 0.472 e. The second-order valence-electron chi connectivity index (χ2n) is 30.5. The zero-order chi connectivity index (χ0) is 70.0. The van der Waals surface area contributed by atoms with E-state index in [0.29, 0.717) is 6.42 Å². The molecule has 0 saturated carbocycles. The molecule has 0 aliphatic rings. The summed E-state index contributed by atoms with van der Waals surface area (Å²) in [5.74, 6) is -0.794. The Hall–Kier alpha value is -1.25. The average molecular weight is 1390 g/mol. The SMILES string of the molecule is CCCCCCCCCC/C=C\CCCCCCCCCCCCCCCCCCCCCCCCCC(=O)OC(COC(=O)CCCCCCCCCCCCCCCCCCCCCCCCCCCCCCCCCCCCCCCCCCC)COP(=O)(O)OCCN. The molecule has 0 radical (unpaired) electrons. The van der Waals surface area contributed by atoms with E-state index in [-0.39, 0.29) is 38.6 Å². The van der Waals surface area contributed by atoms with Gasteiger partial charge in [0.1, 0.15) is 6.61 Å². The molecule has 0 rings (SSSR count). The van der Waals surface area contributed by atoms with Gasteiger partial charge in [0.25, 0.3) is 0 Å². The molecule has 2 unspecified atom stereocenters. The fourth-order valence-electron chi connectivity index (χ4n) is 14.1. The van der Waals surface area contributed by atoms with Crippen LogP contribution in [0.15, 0.2) is 12.2 Å². The van der Waals surface area contributed by atoms with Gasteiger partial charge in [-0.05, 0) is 38.5 Å². The van der Waals surface area contributed by atoms with Crippen molar-refractivity contribution in [3.8, 4) is 0 Å². The van der Waals surface area contributed by atoms with Crippen LogP contribution in [0.4, 0.5) is 0 Å². The summed E-state index contributed by atoms with van der Waals surface area (Å²) in [6, 6.07) is 0. The predicted molar refractivity (Wildman–Crippen MR) is 423 cm³/mol. The Balaban J connectivity index is 3.68. The number of carbonyl (C=O) groups excluding carboxylic acids is 2. The molecule has 0 aromatic heterocycles. The summed E-state index contributed by atoms with van der Waals surface area (Å²) in [5.41, 5.74) is 5.42. The van der Waals surface area contributed by atoms with E-state index < -0.39 is 26.5 Å². The van der Waals surface area contributed by atoms with Crippen LogP contribution >= 0.6 is 7.82 Å². The number of nitrogens with two attached hydrogens (primary N) is 1. The second-order valence-corrected chi connectivity index (χ2v) is 31.9. The minimum Gasteiger partial charge on any atom is -0.462 e. The van der Waals surface area contributed by atoms with Gasteiger partial charge >= 0.3 is 19.8 Å². The van der Waals surface area contributed by atoms with E-state index in [9.17, 15) is 19.0 Å². The maximum atomic E-state index is 12.8. The number of hydrogen-bond acceptors (Lipinski definition) is 8. The highest BCUT2D eigenvalue weighted by Crippen LogP contribution is 2.43. The molecular formula is C87H172NO8P. The van der Waals surface area contributed by atoms with Crippen LogP contribution in [-0.2, 0) is 32.7 Å². The van der Waals surface area contributed by atoms with E-state index in [2.05, 4.69) is 26.0 Å². The van der Waals surface area contributed by atoms with Gasteiger partial charge in [0.2, 0.25) is 0 Å². The van der Waals surface area contributed by atoms with Gasteiger partial charge in [0, 0.05) is 19.4 Å². The van der Waals surface area contributed by atoms with Gasteiger partial charge in [-0.25, -0.2) is 4.57 Å². The monoisotopic (exact) mass is 1390 g/mol. The van der Waals surface area contributed by atoms with Gasteiger partial charge in [0.15, 0.2) is 6.10 Å². The normalized spacial score (nSPS) is 12.7. The van der Waals surface area contributed by atoms with Crippen molar-refractivity contribution in [1.29, 1.82) is 0 Å². The summed E-state index contributed by atoms with van der Waals surface area (Å²) >= 11 is 0. The number of rotatable bonds is 86. The Morgan fingerprint density at radius 1 is 0.299 bits per heavy atom. The van der Waals surface area contributed by atoms with E-state index in [4.69, 9.17) is 24.3 Å². The molecule has 0 amide bonds. The van der Waals surface area contributed by atoms with Gasteiger partial charge in [-0.3, -0.25) is 18.6 Å². The zero-order valence-corrected chi connectivity index (χ0v) is 66.5. The molecule has 97 heavy (non-hydrogen) atoms. The Kier molecular flexibility index (Phi) is 82.6. The molecule has 9 nitrogen and oxygen atoms in total. The van der Waals surface area contributed by atoms with E-state index >= 15 is 0 Å². The number of ether oxygens (including phenoxy) is 2. The number of carbonyl (C=O) groups is 2. The quantitative estimate of drug-likeness (QED) is 0.0264. The molecule has 578 valence electrons. The van der Waals surface area contributed by atoms with Gasteiger partial charge in [0.05, 0.1) is 13.2 Å². The standard InChI is InChI=1S/C87H172NO8P/c1-3-5-7-9-11-13-15-17-19-21-23-25-27-29-31-33-35-37-39-40-41-42-43-44-46-47-49-51-53-55-57-59-61-63-65-67-69-71-73-75-77-79-86(89)93-83-85(84-95-97(91,92)94-82-81-88)96-87(90)80-78-76-74-72-70-68-66-64-62-60-58-56-54-52-50-48-45-38-36-34-32-30-28-26-24-22-20-18-16-14-12-10-8-6-4-2/h22,24,85H,3-21,23,25-84,88H2,1-2H3,(H,91,92)/b24-22-. The van der Waals surface area contributed by atoms with Crippen molar-refractivity contribution in [1.82, 2.24) is 0 Å². The molecule has 0 heterocycles. The zero-order valence-electron chi connectivity index (χ0n) is 65.6. The molecule has 0 saturated heterocycles. The minimum atomic E-state index is -4.39.